The third kappa shape index (κ3) is 4.82. The third-order valence-electron chi connectivity index (χ3n) is 3.36. The molecule has 0 amide bonds. The highest BCUT2D eigenvalue weighted by atomic mass is 16.5. The van der Waals surface area contributed by atoms with E-state index in [0.29, 0.717) is 19.6 Å². The van der Waals surface area contributed by atoms with Crippen molar-refractivity contribution < 1.29 is 9.47 Å². The monoisotopic (exact) mass is 295 g/mol. The van der Waals surface area contributed by atoms with E-state index >= 15 is 0 Å². The minimum absolute atomic E-state index is 0.520. The van der Waals surface area contributed by atoms with Crippen LogP contribution in [0.25, 0.3) is 0 Å². The van der Waals surface area contributed by atoms with Crippen LogP contribution < -0.4 is 9.47 Å². The molecule has 0 aromatic heterocycles. The molecule has 0 radical (unpaired) electrons. The van der Waals surface area contributed by atoms with Gasteiger partial charge < -0.3 is 9.47 Å². The van der Waals surface area contributed by atoms with E-state index in [4.69, 9.17) is 14.7 Å². The number of hydrogen-bond acceptors (Lipinski definition) is 3. The molecule has 0 heterocycles. The molecule has 2 rings (SSSR count). The van der Waals surface area contributed by atoms with Crippen LogP contribution in [0.4, 0.5) is 0 Å². The van der Waals surface area contributed by atoms with Crippen molar-refractivity contribution in [1.82, 2.24) is 0 Å². The van der Waals surface area contributed by atoms with Crippen LogP contribution in [0, 0.1) is 11.3 Å². The Morgan fingerprint density at radius 2 is 1.86 bits per heavy atom. The summed E-state index contributed by atoms with van der Waals surface area (Å²) in [5, 5.41) is 8.56. The minimum atomic E-state index is 0.520. The standard InChI is InChI=1S/C19H21NO2/c1-2-17-10-11-18(14-19(17)21-13-7-6-12-20)22-15-16-8-4-3-5-9-16/h3-5,8-11,14H,2,6-7,13,15H2,1H3. The number of nitriles is 1. The van der Waals surface area contributed by atoms with E-state index in [1.165, 1.54) is 0 Å². The first-order valence-corrected chi connectivity index (χ1v) is 7.63. The Bertz CT molecular complexity index is 617. The number of benzene rings is 2. The quantitative estimate of drug-likeness (QED) is 0.673. The molecule has 0 aliphatic carbocycles. The van der Waals surface area contributed by atoms with E-state index in [1.54, 1.807) is 0 Å². The van der Waals surface area contributed by atoms with E-state index in [9.17, 15) is 0 Å². The number of ether oxygens (including phenoxy) is 2. The maximum atomic E-state index is 8.56. The summed E-state index contributed by atoms with van der Waals surface area (Å²) in [6.07, 6.45) is 2.17. The van der Waals surface area contributed by atoms with Gasteiger partial charge in [-0.1, -0.05) is 43.3 Å². The van der Waals surface area contributed by atoms with Gasteiger partial charge in [-0.2, -0.15) is 5.26 Å². The van der Waals surface area contributed by atoms with Crippen LogP contribution in [0.3, 0.4) is 0 Å². The predicted molar refractivity (Wildman–Crippen MR) is 86.9 cm³/mol. The number of nitrogens with zero attached hydrogens (tertiary/aromatic N) is 1. The lowest BCUT2D eigenvalue weighted by Gasteiger charge is -2.13. The van der Waals surface area contributed by atoms with Gasteiger partial charge in [0, 0.05) is 12.5 Å². The van der Waals surface area contributed by atoms with E-state index in [1.807, 2.05) is 48.5 Å². The summed E-state index contributed by atoms with van der Waals surface area (Å²) in [5.41, 5.74) is 2.29. The minimum Gasteiger partial charge on any atom is -0.493 e. The molecule has 2 aromatic rings. The van der Waals surface area contributed by atoms with E-state index < -0.39 is 0 Å². The fourth-order valence-electron chi connectivity index (χ4n) is 2.13. The molecule has 0 N–H and O–H groups in total. The SMILES string of the molecule is CCc1ccc(OCc2ccccc2)cc1OCCCC#N. The summed E-state index contributed by atoms with van der Waals surface area (Å²) < 4.78 is 11.6. The van der Waals surface area contributed by atoms with Crippen LogP contribution in [-0.4, -0.2) is 6.61 Å². The largest absolute Gasteiger partial charge is 0.493 e. The highest BCUT2D eigenvalue weighted by Gasteiger charge is 2.05. The number of hydrogen-bond donors (Lipinski definition) is 0. The Hall–Kier alpha value is -2.47. The predicted octanol–water partition coefficient (Wildman–Crippen LogP) is 4.51. The molecule has 0 saturated heterocycles. The van der Waals surface area contributed by atoms with Gasteiger partial charge in [-0.15, -0.1) is 0 Å². The van der Waals surface area contributed by atoms with Crippen LogP contribution >= 0.6 is 0 Å². The molecule has 22 heavy (non-hydrogen) atoms. The molecule has 0 unspecified atom stereocenters. The lowest BCUT2D eigenvalue weighted by Crippen LogP contribution is -2.01. The average molecular weight is 295 g/mol. The Balaban J connectivity index is 1.98. The lowest BCUT2D eigenvalue weighted by atomic mass is 10.1. The van der Waals surface area contributed by atoms with Gasteiger partial charge in [-0.05, 0) is 30.0 Å². The van der Waals surface area contributed by atoms with Crippen molar-refractivity contribution in [3.8, 4) is 17.6 Å². The zero-order valence-corrected chi connectivity index (χ0v) is 12.9. The van der Waals surface area contributed by atoms with Crippen molar-refractivity contribution in [3.63, 3.8) is 0 Å². The first kappa shape index (κ1) is 15.9. The van der Waals surface area contributed by atoms with Crippen LogP contribution in [0.1, 0.15) is 30.9 Å². The summed E-state index contributed by atoms with van der Waals surface area (Å²) in [6.45, 7) is 3.20. The number of unbranched alkanes of at least 4 members (excludes halogenated alkanes) is 1. The molecule has 0 bridgehead atoms. The van der Waals surface area contributed by atoms with Crippen molar-refractivity contribution >= 4 is 0 Å². The summed E-state index contributed by atoms with van der Waals surface area (Å²) in [6, 6.07) is 18.2. The Morgan fingerprint density at radius 3 is 2.59 bits per heavy atom. The maximum absolute atomic E-state index is 8.56. The van der Waals surface area contributed by atoms with Crippen LogP contribution in [0.15, 0.2) is 48.5 Å². The highest BCUT2D eigenvalue weighted by molar-refractivity contribution is 5.40. The van der Waals surface area contributed by atoms with E-state index in [2.05, 4.69) is 13.0 Å². The molecule has 3 nitrogen and oxygen atoms in total. The van der Waals surface area contributed by atoms with Crippen LogP contribution in [0.2, 0.25) is 0 Å². The first-order valence-electron chi connectivity index (χ1n) is 7.63. The fourth-order valence-corrected chi connectivity index (χ4v) is 2.13. The Labute approximate surface area is 132 Å². The molecule has 0 spiro atoms. The van der Waals surface area contributed by atoms with Gasteiger partial charge in [0.1, 0.15) is 18.1 Å². The van der Waals surface area contributed by atoms with Gasteiger partial charge in [-0.3, -0.25) is 0 Å². The molecule has 114 valence electrons. The van der Waals surface area contributed by atoms with Crippen molar-refractivity contribution in [2.75, 3.05) is 6.61 Å². The normalized spacial score (nSPS) is 10.0. The van der Waals surface area contributed by atoms with Gasteiger partial charge in [0.05, 0.1) is 12.7 Å². The molecular weight excluding hydrogens is 274 g/mol. The van der Waals surface area contributed by atoms with Gasteiger partial charge >= 0.3 is 0 Å². The van der Waals surface area contributed by atoms with Gasteiger partial charge in [0.15, 0.2) is 0 Å². The molecule has 3 heteroatoms. The topological polar surface area (TPSA) is 42.2 Å². The Morgan fingerprint density at radius 1 is 1.05 bits per heavy atom. The van der Waals surface area contributed by atoms with Crippen molar-refractivity contribution in [2.45, 2.75) is 32.8 Å². The molecule has 0 aliphatic rings. The molecule has 0 aliphatic heterocycles. The number of rotatable bonds is 8. The van der Waals surface area contributed by atoms with Crippen LogP contribution in [-0.2, 0) is 13.0 Å². The molecular formula is C19H21NO2. The summed E-state index contributed by atoms with van der Waals surface area (Å²) in [7, 11) is 0. The van der Waals surface area contributed by atoms with Crippen LogP contribution in [0.5, 0.6) is 11.5 Å². The molecule has 0 fully saturated rings. The van der Waals surface area contributed by atoms with Gasteiger partial charge in [0.2, 0.25) is 0 Å². The van der Waals surface area contributed by atoms with Crippen molar-refractivity contribution in [2.24, 2.45) is 0 Å². The summed E-state index contributed by atoms with van der Waals surface area (Å²) in [5.74, 6) is 1.65. The Kier molecular flexibility index (Phi) is 6.32. The van der Waals surface area contributed by atoms with Crippen molar-refractivity contribution in [3.05, 3.63) is 59.7 Å². The van der Waals surface area contributed by atoms with Gasteiger partial charge in [0.25, 0.3) is 0 Å². The number of aryl methyl sites for hydroxylation is 1. The maximum Gasteiger partial charge on any atom is 0.126 e. The second kappa shape index (κ2) is 8.74. The first-order chi connectivity index (χ1) is 10.8. The van der Waals surface area contributed by atoms with Gasteiger partial charge in [-0.25, -0.2) is 0 Å². The fraction of sp³-hybridized carbons (Fsp3) is 0.316. The van der Waals surface area contributed by atoms with E-state index in [-0.39, 0.29) is 0 Å². The molecule has 0 saturated carbocycles. The van der Waals surface area contributed by atoms with E-state index in [0.717, 1.165) is 35.5 Å². The smallest absolute Gasteiger partial charge is 0.126 e. The van der Waals surface area contributed by atoms with Crippen molar-refractivity contribution in [1.29, 1.82) is 5.26 Å². The summed E-state index contributed by atoms with van der Waals surface area (Å²) >= 11 is 0. The third-order valence-corrected chi connectivity index (χ3v) is 3.36. The second-order valence-electron chi connectivity index (χ2n) is 5.01. The summed E-state index contributed by atoms with van der Waals surface area (Å²) in [4.78, 5) is 0. The lowest BCUT2D eigenvalue weighted by molar-refractivity contribution is 0.291. The average Bonchev–Trinajstić information content (AvgIpc) is 2.58. The highest BCUT2D eigenvalue weighted by Crippen LogP contribution is 2.26. The zero-order chi connectivity index (χ0) is 15.6. The second-order valence-corrected chi connectivity index (χ2v) is 5.01. The zero-order valence-electron chi connectivity index (χ0n) is 12.9. The molecule has 0 atom stereocenters. The molecule has 2 aromatic carbocycles.